The molecule has 0 aromatic heterocycles. The van der Waals surface area contributed by atoms with Crippen molar-refractivity contribution in [2.45, 2.75) is 26.7 Å². The lowest BCUT2D eigenvalue weighted by Crippen LogP contribution is -2.04. The Balaban J connectivity index is 2.78. The first-order valence-corrected chi connectivity index (χ1v) is 5.37. The smallest absolute Gasteiger partial charge is 0.165 e. The molecule has 0 saturated carbocycles. The number of hydrogen-bond acceptors (Lipinski definition) is 1. The molecule has 0 amide bonds. The van der Waals surface area contributed by atoms with E-state index in [0.29, 0.717) is 12.3 Å². The van der Waals surface area contributed by atoms with E-state index in [1.54, 1.807) is 6.07 Å². The minimum Gasteiger partial charge on any atom is -0.294 e. The Kier molecular flexibility index (Phi) is 4.28. The van der Waals surface area contributed by atoms with Crippen molar-refractivity contribution in [1.29, 1.82) is 0 Å². The Morgan fingerprint density at radius 2 is 2.13 bits per heavy atom. The third-order valence-electron chi connectivity index (χ3n) is 2.20. The topological polar surface area (TPSA) is 17.1 Å². The van der Waals surface area contributed by atoms with Gasteiger partial charge < -0.3 is 0 Å². The number of hydrogen-bond donors (Lipinski definition) is 0. The van der Waals surface area contributed by atoms with Crippen molar-refractivity contribution in [3.8, 4) is 0 Å². The Bertz CT molecular complexity index is 361. The van der Waals surface area contributed by atoms with Gasteiger partial charge in [0.2, 0.25) is 0 Å². The van der Waals surface area contributed by atoms with Gasteiger partial charge in [0.25, 0.3) is 0 Å². The maximum atomic E-state index is 13.4. The van der Waals surface area contributed by atoms with E-state index in [1.165, 1.54) is 12.1 Å². The van der Waals surface area contributed by atoms with Crippen molar-refractivity contribution >= 4 is 17.4 Å². The van der Waals surface area contributed by atoms with E-state index in [-0.39, 0.29) is 16.4 Å². The highest BCUT2D eigenvalue weighted by Gasteiger charge is 2.13. The number of carbonyl (C=O) groups excluding carboxylic acids is 1. The van der Waals surface area contributed by atoms with Crippen LogP contribution in [0.4, 0.5) is 4.39 Å². The molecule has 0 aliphatic heterocycles. The Morgan fingerprint density at radius 1 is 1.47 bits per heavy atom. The molecule has 82 valence electrons. The molecule has 1 aromatic carbocycles. The maximum absolute atomic E-state index is 13.4. The van der Waals surface area contributed by atoms with Crippen molar-refractivity contribution in [3.05, 3.63) is 34.6 Å². The van der Waals surface area contributed by atoms with Gasteiger partial charge in [-0.1, -0.05) is 31.5 Å². The molecule has 15 heavy (non-hydrogen) atoms. The lowest BCUT2D eigenvalue weighted by atomic mass is 10.0. The van der Waals surface area contributed by atoms with E-state index in [9.17, 15) is 9.18 Å². The number of carbonyl (C=O) groups is 1. The summed E-state index contributed by atoms with van der Waals surface area (Å²) in [7, 11) is 0. The summed E-state index contributed by atoms with van der Waals surface area (Å²) in [6.07, 6.45) is 1.14. The third-order valence-corrected chi connectivity index (χ3v) is 2.49. The van der Waals surface area contributed by atoms with Gasteiger partial charge in [-0.25, -0.2) is 4.39 Å². The molecule has 0 bridgehead atoms. The fourth-order valence-electron chi connectivity index (χ4n) is 1.27. The van der Waals surface area contributed by atoms with Gasteiger partial charge in [-0.3, -0.25) is 4.79 Å². The second-order valence-electron chi connectivity index (χ2n) is 3.96. The van der Waals surface area contributed by atoms with Gasteiger partial charge >= 0.3 is 0 Å². The second-order valence-corrected chi connectivity index (χ2v) is 4.36. The molecule has 0 aliphatic rings. The summed E-state index contributed by atoms with van der Waals surface area (Å²) in [6.45, 7) is 4.06. The number of ketones is 1. The molecule has 0 fully saturated rings. The normalized spacial score (nSPS) is 10.7. The molecule has 0 heterocycles. The lowest BCUT2D eigenvalue weighted by Gasteiger charge is -2.05. The summed E-state index contributed by atoms with van der Waals surface area (Å²) in [5, 5.41) is 0.00500. The first-order valence-electron chi connectivity index (χ1n) is 4.99. The molecule has 0 saturated heterocycles. The average molecular weight is 229 g/mol. The van der Waals surface area contributed by atoms with Crippen molar-refractivity contribution in [1.82, 2.24) is 0 Å². The second kappa shape index (κ2) is 5.26. The van der Waals surface area contributed by atoms with Crippen LogP contribution in [0.3, 0.4) is 0 Å². The molecule has 0 radical (unpaired) electrons. The molecule has 0 aliphatic carbocycles. The van der Waals surface area contributed by atoms with Gasteiger partial charge in [-0.2, -0.15) is 0 Å². The third kappa shape index (κ3) is 3.31. The minimum atomic E-state index is -0.604. The molecule has 1 rings (SSSR count). The zero-order valence-electron chi connectivity index (χ0n) is 8.89. The van der Waals surface area contributed by atoms with Crippen LogP contribution in [-0.2, 0) is 0 Å². The summed E-state index contributed by atoms with van der Waals surface area (Å²) in [4.78, 5) is 11.6. The Morgan fingerprint density at radius 3 is 2.73 bits per heavy atom. The van der Waals surface area contributed by atoms with Crippen molar-refractivity contribution in [2.75, 3.05) is 0 Å². The van der Waals surface area contributed by atoms with Crippen LogP contribution >= 0.6 is 11.6 Å². The van der Waals surface area contributed by atoms with Crippen LogP contribution in [0.2, 0.25) is 5.02 Å². The quantitative estimate of drug-likeness (QED) is 0.710. The molecular formula is C12H14ClFO. The van der Waals surface area contributed by atoms with Crippen LogP contribution in [0.15, 0.2) is 18.2 Å². The summed E-state index contributed by atoms with van der Waals surface area (Å²) in [5.41, 5.74) is 0.100. The highest BCUT2D eigenvalue weighted by molar-refractivity contribution is 6.31. The van der Waals surface area contributed by atoms with Gasteiger partial charge in [-0.05, 0) is 24.5 Å². The molecule has 0 spiro atoms. The highest BCUT2D eigenvalue weighted by atomic mass is 35.5. The largest absolute Gasteiger partial charge is 0.294 e. The molecule has 0 atom stereocenters. The Hall–Kier alpha value is -0.890. The van der Waals surface area contributed by atoms with Crippen molar-refractivity contribution in [3.63, 3.8) is 0 Å². The van der Waals surface area contributed by atoms with Crippen LogP contribution in [0.5, 0.6) is 0 Å². The van der Waals surface area contributed by atoms with E-state index in [0.717, 1.165) is 6.42 Å². The van der Waals surface area contributed by atoms with Gasteiger partial charge in [0.05, 0.1) is 10.6 Å². The van der Waals surface area contributed by atoms with Gasteiger partial charge in [0, 0.05) is 6.42 Å². The summed E-state index contributed by atoms with van der Waals surface area (Å²) in [6, 6.07) is 4.51. The van der Waals surface area contributed by atoms with E-state index >= 15 is 0 Å². The molecule has 1 nitrogen and oxygen atoms in total. The first-order chi connectivity index (χ1) is 7.02. The summed E-state index contributed by atoms with van der Waals surface area (Å²) in [5.74, 6) is -0.340. The highest BCUT2D eigenvalue weighted by Crippen LogP contribution is 2.20. The fourth-order valence-corrected chi connectivity index (χ4v) is 1.45. The zero-order valence-corrected chi connectivity index (χ0v) is 9.64. The van der Waals surface area contributed by atoms with E-state index < -0.39 is 5.82 Å². The van der Waals surface area contributed by atoms with Crippen LogP contribution in [0.25, 0.3) is 0 Å². The predicted molar refractivity (Wildman–Crippen MR) is 59.8 cm³/mol. The summed E-state index contributed by atoms with van der Waals surface area (Å²) < 4.78 is 13.4. The van der Waals surface area contributed by atoms with Crippen LogP contribution < -0.4 is 0 Å². The van der Waals surface area contributed by atoms with Gasteiger partial charge in [-0.15, -0.1) is 0 Å². The van der Waals surface area contributed by atoms with Gasteiger partial charge in [0.15, 0.2) is 11.6 Å². The minimum absolute atomic E-state index is 0.00500. The van der Waals surface area contributed by atoms with Crippen LogP contribution in [0, 0.1) is 11.7 Å². The average Bonchev–Trinajstić information content (AvgIpc) is 2.18. The maximum Gasteiger partial charge on any atom is 0.165 e. The fraction of sp³-hybridized carbons (Fsp3) is 0.417. The van der Waals surface area contributed by atoms with Crippen molar-refractivity contribution in [2.24, 2.45) is 5.92 Å². The Labute approximate surface area is 94.3 Å². The first kappa shape index (κ1) is 12.2. The SMILES string of the molecule is CC(C)CCC(=O)c1cccc(Cl)c1F. The predicted octanol–water partition coefficient (Wildman–Crippen LogP) is 4.10. The van der Waals surface area contributed by atoms with E-state index in [2.05, 4.69) is 0 Å². The zero-order chi connectivity index (χ0) is 11.4. The van der Waals surface area contributed by atoms with Gasteiger partial charge in [0.1, 0.15) is 0 Å². The summed E-state index contributed by atoms with van der Waals surface area (Å²) >= 11 is 5.59. The molecular weight excluding hydrogens is 215 g/mol. The van der Waals surface area contributed by atoms with Crippen molar-refractivity contribution < 1.29 is 9.18 Å². The standard InChI is InChI=1S/C12H14ClFO/c1-8(2)6-7-11(15)9-4-3-5-10(13)12(9)14/h3-5,8H,6-7H2,1-2H3. The van der Waals surface area contributed by atoms with E-state index in [4.69, 9.17) is 11.6 Å². The molecule has 0 N–H and O–H groups in total. The lowest BCUT2D eigenvalue weighted by molar-refractivity contribution is 0.0971. The number of halogens is 2. The monoisotopic (exact) mass is 228 g/mol. The van der Waals surface area contributed by atoms with Crippen LogP contribution in [-0.4, -0.2) is 5.78 Å². The number of rotatable bonds is 4. The molecule has 1 aromatic rings. The molecule has 3 heteroatoms. The van der Waals surface area contributed by atoms with E-state index in [1.807, 2.05) is 13.8 Å². The molecule has 0 unspecified atom stereocenters. The number of benzene rings is 1. The van der Waals surface area contributed by atoms with Crippen LogP contribution in [0.1, 0.15) is 37.0 Å². The number of Topliss-reactive ketones (excluding diaryl/α,β-unsaturated/α-hetero) is 1.